The van der Waals surface area contributed by atoms with Crippen molar-refractivity contribution < 1.29 is 19.7 Å². The van der Waals surface area contributed by atoms with E-state index in [1.54, 1.807) is 42.6 Å². The number of rotatable bonds is 3. The molecule has 5 rings (SSSR count). The quantitative estimate of drug-likeness (QED) is 0.618. The summed E-state index contributed by atoms with van der Waals surface area (Å²) < 4.78 is 7.08. The van der Waals surface area contributed by atoms with Crippen molar-refractivity contribution in [1.29, 1.82) is 0 Å². The SMILES string of the molecule is O=C(Nc1ccc(-n2c(O)c3c(c2O)[C@H]2CC[C@@H]3O2)c(Cl)c1)c1ccccn1. The number of aromatic hydroxyl groups is 2. The molecule has 1 fully saturated rings. The van der Waals surface area contributed by atoms with Crippen LogP contribution in [0.1, 0.15) is 46.7 Å². The number of anilines is 1. The summed E-state index contributed by atoms with van der Waals surface area (Å²) in [6.07, 6.45) is 2.80. The third-order valence-electron chi connectivity index (χ3n) is 5.20. The number of pyridine rings is 1. The lowest BCUT2D eigenvalue weighted by molar-refractivity contribution is 0.0682. The molecular formula is C20H16ClN3O4. The van der Waals surface area contributed by atoms with E-state index in [1.807, 2.05) is 0 Å². The number of fused-ring (bicyclic) bond motifs is 5. The highest BCUT2D eigenvalue weighted by Gasteiger charge is 2.45. The Balaban J connectivity index is 1.48. The minimum Gasteiger partial charge on any atom is -0.494 e. The largest absolute Gasteiger partial charge is 0.494 e. The fourth-order valence-electron chi connectivity index (χ4n) is 3.97. The van der Waals surface area contributed by atoms with Gasteiger partial charge in [-0.05, 0) is 43.2 Å². The van der Waals surface area contributed by atoms with Gasteiger partial charge in [0, 0.05) is 11.9 Å². The molecule has 142 valence electrons. The average molecular weight is 398 g/mol. The predicted octanol–water partition coefficient (Wildman–Crippen LogP) is 4.10. The second kappa shape index (κ2) is 6.25. The lowest BCUT2D eigenvalue weighted by Gasteiger charge is -2.13. The van der Waals surface area contributed by atoms with Crippen LogP contribution in [-0.4, -0.2) is 25.7 Å². The standard InChI is InChI=1S/C20H16ClN3O4/c21-11-9-10(23-18(25)12-3-1-2-8-22-12)4-5-13(11)24-19(26)16-14-6-7-15(28-14)17(16)20(24)27/h1-5,8-9,14-15,26-27H,6-7H2,(H,23,25)/t14-,15+. The van der Waals surface area contributed by atoms with Gasteiger partial charge >= 0.3 is 0 Å². The number of halogens is 1. The molecule has 8 heteroatoms. The van der Waals surface area contributed by atoms with Gasteiger partial charge in [-0.1, -0.05) is 17.7 Å². The van der Waals surface area contributed by atoms with Crippen molar-refractivity contribution in [2.45, 2.75) is 25.0 Å². The van der Waals surface area contributed by atoms with Gasteiger partial charge in [-0.15, -0.1) is 0 Å². The van der Waals surface area contributed by atoms with Crippen LogP contribution < -0.4 is 5.32 Å². The first-order valence-corrected chi connectivity index (χ1v) is 9.26. The summed E-state index contributed by atoms with van der Waals surface area (Å²) in [5, 5.41) is 24.4. The molecular weight excluding hydrogens is 382 g/mol. The lowest BCUT2D eigenvalue weighted by Crippen LogP contribution is -2.13. The second-order valence-electron chi connectivity index (χ2n) is 6.84. The van der Waals surface area contributed by atoms with E-state index in [0.29, 0.717) is 22.5 Å². The topological polar surface area (TPSA) is 96.6 Å². The molecule has 0 saturated carbocycles. The van der Waals surface area contributed by atoms with E-state index in [2.05, 4.69) is 10.3 Å². The molecule has 7 nitrogen and oxygen atoms in total. The Morgan fingerprint density at radius 2 is 1.86 bits per heavy atom. The number of hydrogen-bond acceptors (Lipinski definition) is 5. The van der Waals surface area contributed by atoms with Crippen molar-refractivity contribution in [3.05, 3.63) is 64.4 Å². The molecule has 2 bridgehead atoms. The molecule has 1 amide bonds. The fourth-order valence-corrected chi connectivity index (χ4v) is 4.23. The first kappa shape index (κ1) is 17.1. The number of nitrogens with one attached hydrogen (secondary N) is 1. The summed E-state index contributed by atoms with van der Waals surface area (Å²) >= 11 is 6.41. The van der Waals surface area contributed by atoms with Crippen LogP contribution >= 0.6 is 11.6 Å². The highest BCUT2D eigenvalue weighted by molar-refractivity contribution is 6.32. The molecule has 0 radical (unpaired) electrons. The molecule has 2 aliphatic heterocycles. The maximum Gasteiger partial charge on any atom is 0.274 e. The summed E-state index contributed by atoms with van der Waals surface area (Å²) in [5.41, 5.74) is 2.46. The monoisotopic (exact) mass is 397 g/mol. The Morgan fingerprint density at radius 3 is 2.46 bits per heavy atom. The molecule has 0 unspecified atom stereocenters. The van der Waals surface area contributed by atoms with Crippen LogP contribution in [0.3, 0.4) is 0 Å². The highest BCUT2D eigenvalue weighted by Crippen LogP contribution is 2.58. The van der Waals surface area contributed by atoms with Gasteiger partial charge in [-0.2, -0.15) is 0 Å². The molecule has 1 aromatic carbocycles. The van der Waals surface area contributed by atoms with Gasteiger partial charge in [0.2, 0.25) is 11.8 Å². The maximum atomic E-state index is 12.2. The molecule has 2 atom stereocenters. The van der Waals surface area contributed by atoms with Crippen molar-refractivity contribution in [2.24, 2.45) is 0 Å². The molecule has 4 heterocycles. The third kappa shape index (κ3) is 2.47. The van der Waals surface area contributed by atoms with Crippen LogP contribution in [0.2, 0.25) is 5.02 Å². The Bertz CT molecular complexity index is 1060. The second-order valence-corrected chi connectivity index (χ2v) is 7.24. The van der Waals surface area contributed by atoms with Gasteiger partial charge in [0.05, 0.1) is 34.0 Å². The number of hydrogen-bond donors (Lipinski definition) is 3. The smallest absolute Gasteiger partial charge is 0.274 e. The highest BCUT2D eigenvalue weighted by atomic mass is 35.5. The van der Waals surface area contributed by atoms with Gasteiger partial charge in [-0.3, -0.25) is 9.78 Å². The van der Waals surface area contributed by atoms with Gasteiger partial charge in [-0.25, -0.2) is 4.57 Å². The summed E-state index contributed by atoms with van der Waals surface area (Å²) in [6, 6.07) is 9.91. The first-order chi connectivity index (χ1) is 13.5. The van der Waals surface area contributed by atoms with E-state index in [9.17, 15) is 15.0 Å². The number of nitrogens with zero attached hydrogens (tertiary/aromatic N) is 2. The molecule has 28 heavy (non-hydrogen) atoms. The zero-order valence-corrected chi connectivity index (χ0v) is 15.3. The number of ether oxygens (including phenoxy) is 1. The Morgan fingerprint density at radius 1 is 1.14 bits per heavy atom. The summed E-state index contributed by atoms with van der Waals surface area (Å²) in [4.78, 5) is 16.3. The number of carbonyl (C=O) groups is 1. The van der Waals surface area contributed by atoms with E-state index < -0.39 is 0 Å². The van der Waals surface area contributed by atoms with Crippen LogP contribution in [0.15, 0.2) is 42.6 Å². The molecule has 2 aromatic heterocycles. The number of benzene rings is 1. The maximum absolute atomic E-state index is 12.2. The number of amides is 1. The van der Waals surface area contributed by atoms with Crippen LogP contribution in [-0.2, 0) is 4.74 Å². The zero-order chi connectivity index (χ0) is 19.4. The summed E-state index contributed by atoms with van der Waals surface area (Å²) in [7, 11) is 0. The van der Waals surface area contributed by atoms with Crippen LogP contribution in [0.4, 0.5) is 5.69 Å². The van der Waals surface area contributed by atoms with Gasteiger partial charge in [0.15, 0.2) is 0 Å². The van der Waals surface area contributed by atoms with Crippen LogP contribution in [0.5, 0.6) is 11.8 Å². The van der Waals surface area contributed by atoms with Crippen molar-refractivity contribution in [2.75, 3.05) is 5.32 Å². The predicted molar refractivity (Wildman–Crippen MR) is 102 cm³/mol. The van der Waals surface area contributed by atoms with Gasteiger partial charge in [0.25, 0.3) is 5.91 Å². The van der Waals surface area contributed by atoms with Gasteiger partial charge in [0.1, 0.15) is 5.69 Å². The number of aromatic nitrogens is 2. The zero-order valence-electron chi connectivity index (χ0n) is 14.6. The van der Waals surface area contributed by atoms with E-state index in [1.165, 1.54) is 4.57 Å². The Hall–Kier alpha value is -3.03. The summed E-state index contributed by atoms with van der Waals surface area (Å²) in [5.74, 6) is -0.484. The molecule has 3 aromatic rings. The van der Waals surface area contributed by atoms with Crippen molar-refractivity contribution in [3.63, 3.8) is 0 Å². The van der Waals surface area contributed by atoms with E-state index >= 15 is 0 Å². The van der Waals surface area contributed by atoms with E-state index in [-0.39, 0.29) is 40.6 Å². The summed E-state index contributed by atoms with van der Waals surface area (Å²) in [6.45, 7) is 0. The third-order valence-corrected chi connectivity index (χ3v) is 5.51. The Kier molecular flexibility index (Phi) is 3.82. The molecule has 1 saturated heterocycles. The lowest BCUT2D eigenvalue weighted by atomic mass is 9.95. The fraction of sp³-hybridized carbons (Fsp3) is 0.200. The van der Waals surface area contributed by atoms with E-state index in [0.717, 1.165) is 12.8 Å². The van der Waals surface area contributed by atoms with Gasteiger partial charge < -0.3 is 20.3 Å². The van der Waals surface area contributed by atoms with E-state index in [4.69, 9.17) is 16.3 Å². The van der Waals surface area contributed by atoms with Crippen molar-refractivity contribution >= 4 is 23.2 Å². The molecule has 0 aliphatic carbocycles. The normalized spacial score (nSPS) is 19.6. The minimum atomic E-state index is -0.358. The minimum absolute atomic E-state index is 0.0631. The molecule has 2 aliphatic rings. The average Bonchev–Trinajstić information content (AvgIpc) is 3.37. The Labute approximate surface area is 165 Å². The number of carbonyl (C=O) groups excluding carboxylic acids is 1. The van der Waals surface area contributed by atoms with Crippen molar-refractivity contribution in [3.8, 4) is 17.4 Å². The van der Waals surface area contributed by atoms with Crippen LogP contribution in [0, 0.1) is 0 Å². The first-order valence-electron chi connectivity index (χ1n) is 8.88. The van der Waals surface area contributed by atoms with Crippen LogP contribution in [0.25, 0.3) is 5.69 Å². The molecule has 3 N–H and O–H groups in total. The molecule has 0 spiro atoms. The van der Waals surface area contributed by atoms with Crippen molar-refractivity contribution in [1.82, 2.24) is 9.55 Å².